The average Bonchev–Trinajstić information content (AvgIpc) is 3.08. The van der Waals surface area contributed by atoms with Crippen LogP contribution in [0.15, 0.2) is 30.3 Å². The summed E-state index contributed by atoms with van der Waals surface area (Å²) >= 11 is 0. The number of hydrogen-bond donors (Lipinski definition) is 1. The number of carbonyl (C=O) groups is 1. The standard InChI is InChI=1S/C18H26N2O3/c21-18(12-20-9-4-5-10-20)19-16-8-11-22-14-17(16)23-13-15-6-2-1-3-7-15/h1-3,6-7,16-17H,4-5,8-14H2,(H,19,21). The first kappa shape index (κ1) is 16.4. The molecule has 126 valence electrons. The molecule has 2 aliphatic rings. The highest BCUT2D eigenvalue weighted by Gasteiger charge is 2.28. The lowest BCUT2D eigenvalue weighted by Crippen LogP contribution is -2.51. The number of rotatable bonds is 6. The van der Waals surface area contributed by atoms with E-state index in [9.17, 15) is 4.79 Å². The number of ether oxygens (including phenoxy) is 2. The molecule has 2 fully saturated rings. The van der Waals surface area contributed by atoms with E-state index < -0.39 is 0 Å². The molecule has 2 heterocycles. The molecule has 23 heavy (non-hydrogen) atoms. The number of nitrogens with one attached hydrogen (secondary N) is 1. The fraction of sp³-hybridized carbons (Fsp3) is 0.611. The summed E-state index contributed by atoms with van der Waals surface area (Å²) in [6, 6.07) is 10.1. The molecule has 2 saturated heterocycles. The molecule has 1 N–H and O–H groups in total. The summed E-state index contributed by atoms with van der Waals surface area (Å²) in [6.45, 7) is 4.35. The number of likely N-dealkylation sites (tertiary alicyclic amines) is 1. The SMILES string of the molecule is O=C(CN1CCCC1)NC1CCOCC1OCc1ccccc1. The van der Waals surface area contributed by atoms with Gasteiger partial charge in [-0.1, -0.05) is 30.3 Å². The van der Waals surface area contributed by atoms with Crippen molar-refractivity contribution in [3.63, 3.8) is 0 Å². The van der Waals surface area contributed by atoms with Gasteiger partial charge in [-0.2, -0.15) is 0 Å². The molecule has 0 saturated carbocycles. The Kier molecular flexibility index (Phi) is 6.02. The zero-order chi connectivity index (χ0) is 15.9. The highest BCUT2D eigenvalue weighted by atomic mass is 16.5. The van der Waals surface area contributed by atoms with Crippen molar-refractivity contribution in [3.8, 4) is 0 Å². The molecule has 1 aromatic carbocycles. The van der Waals surface area contributed by atoms with E-state index in [1.807, 2.05) is 30.3 Å². The highest BCUT2D eigenvalue weighted by molar-refractivity contribution is 5.78. The monoisotopic (exact) mass is 318 g/mol. The number of benzene rings is 1. The fourth-order valence-electron chi connectivity index (χ4n) is 3.21. The van der Waals surface area contributed by atoms with Crippen LogP contribution in [-0.4, -0.2) is 55.8 Å². The van der Waals surface area contributed by atoms with E-state index in [0.29, 0.717) is 26.4 Å². The van der Waals surface area contributed by atoms with Gasteiger partial charge >= 0.3 is 0 Å². The minimum absolute atomic E-state index is 0.0440. The zero-order valence-electron chi connectivity index (χ0n) is 13.6. The van der Waals surface area contributed by atoms with E-state index in [0.717, 1.165) is 25.1 Å². The lowest BCUT2D eigenvalue weighted by atomic mass is 10.1. The Morgan fingerprint density at radius 1 is 1.26 bits per heavy atom. The number of carbonyl (C=O) groups excluding carboxylic acids is 1. The predicted molar refractivity (Wildman–Crippen MR) is 88.1 cm³/mol. The predicted octanol–water partition coefficient (Wildman–Crippen LogP) is 1.57. The molecule has 0 radical (unpaired) electrons. The summed E-state index contributed by atoms with van der Waals surface area (Å²) in [5, 5.41) is 3.15. The molecule has 0 spiro atoms. The van der Waals surface area contributed by atoms with Gasteiger partial charge in [0.1, 0.15) is 6.10 Å². The molecule has 0 bridgehead atoms. The van der Waals surface area contributed by atoms with Gasteiger partial charge in [-0.05, 0) is 37.9 Å². The summed E-state index contributed by atoms with van der Waals surface area (Å²) in [6.07, 6.45) is 3.14. The van der Waals surface area contributed by atoms with Crippen molar-refractivity contribution in [3.05, 3.63) is 35.9 Å². The van der Waals surface area contributed by atoms with Gasteiger partial charge in [-0.3, -0.25) is 9.69 Å². The molecular formula is C18H26N2O3. The van der Waals surface area contributed by atoms with E-state index in [1.54, 1.807) is 0 Å². The van der Waals surface area contributed by atoms with Gasteiger partial charge in [0.05, 0.1) is 25.8 Å². The van der Waals surface area contributed by atoms with E-state index in [-0.39, 0.29) is 18.1 Å². The molecule has 2 unspecified atom stereocenters. The second kappa shape index (κ2) is 8.43. The van der Waals surface area contributed by atoms with Crippen LogP contribution < -0.4 is 5.32 Å². The molecule has 0 aliphatic carbocycles. The lowest BCUT2D eigenvalue weighted by molar-refractivity contribution is -0.127. The number of amides is 1. The number of nitrogens with zero attached hydrogens (tertiary/aromatic N) is 1. The van der Waals surface area contributed by atoms with E-state index in [1.165, 1.54) is 12.8 Å². The molecule has 5 nitrogen and oxygen atoms in total. The topological polar surface area (TPSA) is 50.8 Å². The van der Waals surface area contributed by atoms with Crippen LogP contribution in [0.1, 0.15) is 24.8 Å². The van der Waals surface area contributed by atoms with Crippen molar-refractivity contribution in [2.24, 2.45) is 0 Å². The first-order valence-electron chi connectivity index (χ1n) is 8.56. The van der Waals surface area contributed by atoms with Gasteiger partial charge in [0.15, 0.2) is 0 Å². The summed E-state index contributed by atoms with van der Waals surface area (Å²) in [5.74, 6) is 0.104. The van der Waals surface area contributed by atoms with Crippen molar-refractivity contribution < 1.29 is 14.3 Å². The normalized spacial score (nSPS) is 25.4. The van der Waals surface area contributed by atoms with Crippen LogP contribution in [0, 0.1) is 0 Å². The van der Waals surface area contributed by atoms with E-state index >= 15 is 0 Å². The van der Waals surface area contributed by atoms with Gasteiger partial charge < -0.3 is 14.8 Å². The Morgan fingerprint density at radius 2 is 2.04 bits per heavy atom. The quantitative estimate of drug-likeness (QED) is 0.865. The van der Waals surface area contributed by atoms with Crippen LogP contribution in [0.5, 0.6) is 0 Å². The molecule has 2 aliphatic heterocycles. The summed E-state index contributed by atoms with van der Waals surface area (Å²) in [4.78, 5) is 14.5. The third-order valence-corrected chi connectivity index (χ3v) is 4.52. The van der Waals surface area contributed by atoms with Crippen molar-refractivity contribution in [1.82, 2.24) is 10.2 Å². The van der Waals surface area contributed by atoms with Crippen molar-refractivity contribution >= 4 is 5.91 Å². The van der Waals surface area contributed by atoms with Crippen molar-refractivity contribution in [2.75, 3.05) is 32.8 Å². The Hall–Kier alpha value is -1.43. The van der Waals surface area contributed by atoms with Crippen LogP contribution >= 0.6 is 0 Å². The zero-order valence-corrected chi connectivity index (χ0v) is 13.6. The Morgan fingerprint density at radius 3 is 2.83 bits per heavy atom. The third-order valence-electron chi connectivity index (χ3n) is 4.52. The fourth-order valence-corrected chi connectivity index (χ4v) is 3.21. The number of hydrogen-bond acceptors (Lipinski definition) is 4. The molecule has 1 aromatic rings. The summed E-state index contributed by atoms with van der Waals surface area (Å²) in [7, 11) is 0. The maximum Gasteiger partial charge on any atom is 0.234 e. The smallest absolute Gasteiger partial charge is 0.234 e. The van der Waals surface area contributed by atoms with Gasteiger partial charge in [0, 0.05) is 6.61 Å². The Bertz CT molecular complexity index is 488. The molecule has 1 amide bonds. The Labute approximate surface area is 137 Å². The first-order valence-corrected chi connectivity index (χ1v) is 8.56. The molecular weight excluding hydrogens is 292 g/mol. The van der Waals surface area contributed by atoms with Gasteiger partial charge in [-0.15, -0.1) is 0 Å². The van der Waals surface area contributed by atoms with Gasteiger partial charge in [-0.25, -0.2) is 0 Å². The maximum absolute atomic E-state index is 12.2. The van der Waals surface area contributed by atoms with Crippen LogP contribution in [0.2, 0.25) is 0 Å². The molecule has 2 atom stereocenters. The van der Waals surface area contributed by atoms with Gasteiger partial charge in [0.2, 0.25) is 5.91 Å². The van der Waals surface area contributed by atoms with Crippen LogP contribution in [0.4, 0.5) is 0 Å². The second-order valence-electron chi connectivity index (χ2n) is 6.36. The minimum atomic E-state index is -0.0773. The second-order valence-corrected chi connectivity index (χ2v) is 6.36. The van der Waals surface area contributed by atoms with Crippen LogP contribution in [0.3, 0.4) is 0 Å². The van der Waals surface area contributed by atoms with Crippen molar-refractivity contribution in [2.45, 2.75) is 38.0 Å². The third kappa shape index (κ3) is 5.03. The Balaban J connectivity index is 1.48. The van der Waals surface area contributed by atoms with Gasteiger partial charge in [0.25, 0.3) is 0 Å². The maximum atomic E-state index is 12.2. The molecule has 5 heteroatoms. The molecule has 0 aromatic heterocycles. The summed E-state index contributed by atoms with van der Waals surface area (Å²) < 4.78 is 11.5. The van der Waals surface area contributed by atoms with Crippen molar-refractivity contribution in [1.29, 1.82) is 0 Å². The molecule has 3 rings (SSSR count). The van der Waals surface area contributed by atoms with Crippen LogP contribution in [0.25, 0.3) is 0 Å². The first-order chi connectivity index (χ1) is 11.3. The highest BCUT2D eigenvalue weighted by Crippen LogP contribution is 2.14. The minimum Gasteiger partial charge on any atom is -0.379 e. The lowest BCUT2D eigenvalue weighted by Gasteiger charge is -2.32. The summed E-state index contributed by atoms with van der Waals surface area (Å²) in [5.41, 5.74) is 1.14. The van der Waals surface area contributed by atoms with Crippen LogP contribution in [-0.2, 0) is 20.9 Å². The van der Waals surface area contributed by atoms with E-state index in [4.69, 9.17) is 9.47 Å². The van der Waals surface area contributed by atoms with E-state index in [2.05, 4.69) is 10.2 Å². The largest absolute Gasteiger partial charge is 0.379 e. The average molecular weight is 318 g/mol.